The van der Waals surface area contributed by atoms with Crippen LogP contribution in [-0.4, -0.2) is 16.6 Å². The van der Waals surface area contributed by atoms with E-state index in [2.05, 4.69) is 10.3 Å². The Kier molecular flexibility index (Phi) is 5.05. The van der Waals surface area contributed by atoms with E-state index in [1.807, 2.05) is 13.8 Å². The first-order valence-corrected chi connectivity index (χ1v) is 6.99. The molecule has 6 heteroatoms. The lowest BCUT2D eigenvalue weighted by atomic mass is 10.1. The number of halogens is 2. The second-order valence-corrected chi connectivity index (χ2v) is 5.41. The maximum atomic E-state index is 10.1. The number of nitrogens with zero attached hydrogens (tertiary/aromatic N) is 1. The van der Waals surface area contributed by atoms with E-state index in [9.17, 15) is 5.11 Å². The van der Waals surface area contributed by atoms with Crippen LogP contribution in [0, 0.1) is 13.8 Å². The molecule has 2 rings (SSSR count). The second-order valence-electron chi connectivity index (χ2n) is 4.56. The summed E-state index contributed by atoms with van der Waals surface area (Å²) < 4.78 is 5.44. The first-order valence-electron chi connectivity index (χ1n) is 6.24. The number of nitrogens with one attached hydrogen (secondary N) is 1. The molecule has 0 radical (unpaired) electrons. The number of aliphatic hydroxyl groups is 1. The molecule has 2 aromatic rings. The van der Waals surface area contributed by atoms with Gasteiger partial charge in [0.05, 0.1) is 18.3 Å². The van der Waals surface area contributed by atoms with Crippen LogP contribution in [0.1, 0.15) is 29.0 Å². The molecule has 0 spiro atoms. The quantitative estimate of drug-likeness (QED) is 0.887. The predicted molar refractivity (Wildman–Crippen MR) is 79.1 cm³/mol. The summed E-state index contributed by atoms with van der Waals surface area (Å²) in [5, 5.41) is 14.2. The lowest BCUT2D eigenvalue weighted by molar-refractivity contribution is 0.173. The zero-order valence-corrected chi connectivity index (χ0v) is 12.8. The Hall–Kier alpha value is -1.07. The van der Waals surface area contributed by atoms with Gasteiger partial charge in [-0.25, -0.2) is 4.98 Å². The largest absolute Gasteiger partial charge is 0.444 e. The molecule has 0 fully saturated rings. The van der Waals surface area contributed by atoms with Crippen molar-refractivity contribution in [1.82, 2.24) is 10.3 Å². The van der Waals surface area contributed by atoms with Crippen LogP contribution in [0.5, 0.6) is 0 Å². The highest BCUT2D eigenvalue weighted by Crippen LogP contribution is 2.26. The number of benzene rings is 1. The number of rotatable bonds is 5. The fourth-order valence-electron chi connectivity index (χ4n) is 1.81. The Labute approximate surface area is 127 Å². The van der Waals surface area contributed by atoms with Crippen molar-refractivity contribution in [1.29, 1.82) is 0 Å². The van der Waals surface area contributed by atoms with Crippen molar-refractivity contribution in [2.24, 2.45) is 0 Å². The molecule has 0 saturated carbocycles. The molecule has 20 heavy (non-hydrogen) atoms. The maximum absolute atomic E-state index is 10.1. The maximum Gasteiger partial charge on any atom is 0.208 e. The normalized spacial score (nSPS) is 12.7. The third kappa shape index (κ3) is 3.73. The van der Waals surface area contributed by atoms with Crippen molar-refractivity contribution < 1.29 is 9.52 Å². The van der Waals surface area contributed by atoms with E-state index in [1.165, 1.54) is 0 Å². The summed E-state index contributed by atoms with van der Waals surface area (Å²) in [5.41, 5.74) is 1.48. The SMILES string of the molecule is Cc1nc(CNCC(O)c2cc(Cl)ccc2Cl)oc1C. The first-order chi connectivity index (χ1) is 9.47. The van der Waals surface area contributed by atoms with Crippen LogP contribution in [0.25, 0.3) is 0 Å². The zero-order chi connectivity index (χ0) is 14.7. The summed E-state index contributed by atoms with van der Waals surface area (Å²) in [6.07, 6.45) is -0.738. The third-order valence-corrected chi connectivity index (χ3v) is 3.58. The number of hydrogen-bond acceptors (Lipinski definition) is 4. The number of aryl methyl sites for hydroxylation is 2. The minimum absolute atomic E-state index is 0.334. The predicted octanol–water partition coefficient (Wildman–Crippen LogP) is 3.42. The molecule has 4 nitrogen and oxygen atoms in total. The molecule has 1 unspecified atom stereocenters. The van der Waals surface area contributed by atoms with Gasteiger partial charge in [0, 0.05) is 22.2 Å². The molecule has 1 aromatic carbocycles. The first kappa shape index (κ1) is 15.3. The lowest BCUT2D eigenvalue weighted by Gasteiger charge is -2.13. The van der Waals surface area contributed by atoms with Gasteiger partial charge in [-0.1, -0.05) is 23.2 Å². The van der Waals surface area contributed by atoms with Crippen molar-refractivity contribution in [3.63, 3.8) is 0 Å². The monoisotopic (exact) mass is 314 g/mol. The summed E-state index contributed by atoms with van der Waals surface area (Å²) in [6.45, 7) is 4.54. The highest BCUT2D eigenvalue weighted by molar-refractivity contribution is 6.33. The van der Waals surface area contributed by atoms with Gasteiger partial charge in [-0.15, -0.1) is 0 Å². The van der Waals surface area contributed by atoms with Crippen LogP contribution in [-0.2, 0) is 6.54 Å². The van der Waals surface area contributed by atoms with Crippen LogP contribution in [0.3, 0.4) is 0 Å². The molecule has 2 N–H and O–H groups in total. The van der Waals surface area contributed by atoms with Crippen LogP contribution < -0.4 is 5.32 Å². The van der Waals surface area contributed by atoms with Crippen LogP contribution >= 0.6 is 23.2 Å². The van der Waals surface area contributed by atoms with Crippen molar-refractivity contribution in [2.45, 2.75) is 26.5 Å². The molecule has 0 saturated heterocycles. The summed E-state index contributed by atoms with van der Waals surface area (Å²) in [6, 6.07) is 5.02. The van der Waals surface area contributed by atoms with Gasteiger partial charge in [-0.05, 0) is 32.0 Å². The Bertz CT molecular complexity index is 579. The van der Waals surface area contributed by atoms with E-state index < -0.39 is 6.10 Å². The third-order valence-electron chi connectivity index (χ3n) is 3.00. The lowest BCUT2D eigenvalue weighted by Crippen LogP contribution is -2.21. The van der Waals surface area contributed by atoms with E-state index in [0.717, 1.165) is 11.5 Å². The minimum atomic E-state index is -0.738. The molecule has 0 aliphatic carbocycles. The Morgan fingerprint density at radius 3 is 2.75 bits per heavy atom. The van der Waals surface area contributed by atoms with Crippen molar-refractivity contribution >= 4 is 23.2 Å². The van der Waals surface area contributed by atoms with Gasteiger partial charge >= 0.3 is 0 Å². The van der Waals surface area contributed by atoms with Gasteiger partial charge in [0.15, 0.2) is 0 Å². The second kappa shape index (κ2) is 6.59. The average molecular weight is 315 g/mol. The topological polar surface area (TPSA) is 58.3 Å². The van der Waals surface area contributed by atoms with Crippen LogP contribution in [0.15, 0.2) is 22.6 Å². The van der Waals surface area contributed by atoms with E-state index in [0.29, 0.717) is 34.6 Å². The molecule has 0 aliphatic heterocycles. The molecular formula is C14H16Cl2N2O2. The standard InChI is InChI=1S/C14H16Cl2N2O2/c1-8-9(2)20-14(18-8)7-17-6-13(19)11-5-10(15)3-4-12(11)16/h3-5,13,17,19H,6-7H2,1-2H3. The van der Waals surface area contributed by atoms with E-state index in [1.54, 1.807) is 18.2 Å². The van der Waals surface area contributed by atoms with E-state index >= 15 is 0 Å². The van der Waals surface area contributed by atoms with Crippen LogP contribution in [0.4, 0.5) is 0 Å². The Morgan fingerprint density at radius 1 is 1.35 bits per heavy atom. The van der Waals surface area contributed by atoms with Gasteiger partial charge in [0.1, 0.15) is 5.76 Å². The fourth-order valence-corrected chi connectivity index (χ4v) is 2.23. The zero-order valence-electron chi connectivity index (χ0n) is 11.3. The van der Waals surface area contributed by atoms with Crippen molar-refractivity contribution in [3.8, 4) is 0 Å². The summed E-state index contributed by atoms with van der Waals surface area (Å²) in [7, 11) is 0. The molecule has 1 aromatic heterocycles. The highest BCUT2D eigenvalue weighted by atomic mass is 35.5. The molecule has 0 aliphatic rings. The minimum Gasteiger partial charge on any atom is -0.444 e. The van der Waals surface area contributed by atoms with Crippen molar-refractivity contribution in [2.75, 3.05) is 6.54 Å². The number of hydrogen-bond donors (Lipinski definition) is 2. The average Bonchev–Trinajstić information content (AvgIpc) is 2.71. The summed E-state index contributed by atoms with van der Waals surface area (Å²) in [5.74, 6) is 1.41. The molecule has 108 valence electrons. The highest BCUT2D eigenvalue weighted by Gasteiger charge is 2.13. The molecule has 0 amide bonds. The Balaban J connectivity index is 1.92. The van der Waals surface area contributed by atoms with Gasteiger partial charge < -0.3 is 14.8 Å². The van der Waals surface area contributed by atoms with E-state index in [4.69, 9.17) is 27.6 Å². The van der Waals surface area contributed by atoms with Gasteiger partial charge in [0.25, 0.3) is 0 Å². The fraction of sp³-hybridized carbons (Fsp3) is 0.357. The number of oxazole rings is 1. The van der Waals surface area contributed by atoms with Crippen LogP contribution in [0.2, 0.25) is 10.0 Å². The van der Waals surface area contributed by atoms with Gasteiger partial charge in [0.2, 0.25) is 5.89 Å². The van der Waals surface area contributed by atoms with E-state index in [-0.39, 0.29) is 0 Å². The van der Waals surface area contributed by atoms with Gasteiger partial charge in [-0.2, -0.15) is 0 Å². The molecule has 1 atom stereocenters. The molecular weight excluding hydrogens is 299 g/mol. The summed E-state index contributed by atoms with van der Waals surface area (Å²) >= 11 is 11.9. The summed E-state index contributed by atoms with van der Waals surface area (Å²) in [4.78, 5) is 4.25. The number of aromatic nitrogens is 1. The Morgan fingerprint density at radius 2 is 2.10 bits per heavy atom. The molecule has 1 heterocycles. The van der Waals surface area contributed by atoms with Gasteiger partial charge in [-0.3, -0.25) is 0 Å². The van der Waals surface area contributed by atoms with Crippen molar-refractivity contribution in [3.05, 3.63) is 51.2 Å². The smallest absolute Gasteiger partial charge is 0.208 e. The number of aliphatic hydroxyl groups excluding tert-OH is 1. The molecule has 0 bridgehead atoms.